The van der Waals surface area contributed by atoms with Crippen molar-refractivity contribution >= 4 is 10.9 Å². The van der Waals surface area contributed by atoms with Crippen LogP contribution in [-0.2, 0) is 6.54 Å². The Kier molecular flexibility index (Phi) is 4.76. The summed E-state index contributed by atoms with van der Waals surface area (Å²) in [6.45, 7) is -1.20. The normalized spacial score (nSPS) is 12.5. The van der Waals surface area contributed by atoms with Crippen LogP contribution in [-0.4, -0.2) is 21.3 Å². The molecule has 0 fully saturated rings. The van der Waals surface area contributed by atoms with Crippen LogP contribution in [0.4, 0.5) is 8.78 Å². The summed E-state index contributed by atoms with van der Waals surface area (Å²) in [6.07, 6.45) is -0.986. The molecule has 25 heavy (non-hydrogen) atoms. The smallest absolute Gasteiger partial charge is 0.387 e. The quantitative estimate of drug-likeness (QED) is 0.771. The molecule has 1 N–H and O–H groups in total. The number of nitrogens with zero attached hydrogens (tertiary/aromatic N) is 2. The van der Waals surface area contributed by atoms with Crippen LogP contribution in [0.2, 0.25) is 0 Å². The van der Waals surface area contributed by atoms with Crippen LogP contribution < -0.4 is 10.3 Å². The Morgan fingerprint density at radius 2 is 1.84 bits per heavy atom. The van der Waals surface area contributed by atoms with Gasteiger partial charge in [-0.15, -0.1) is 0 Å². The van der Waals surface area contributed by atoms with Gasteiger partial charge in [-0.3, -0.25) is 9.36 Å². The van der Waals surface area contributed by atoms with E-state index in [2.05, 4.69) is 9.72 Å². The number of rotatable bonds is 5. The predicted octanol–water partition coefficient (Wildman–Crippen LogP) is 3.04. The fourth-order valence-corrected chi connectivity index (χ4v) is 2.64. The number of fused-ring (bicyclic) bond motifs is 1. The molecule has 1 heterocycles. The van der Waals surface area contributed by atoms with E-state index in [0.717, 1.165) is 0 Å². The van der Waals surface area contributed by atoms with Crippen LogP contribution in [0, 0.1) is 6.92 Å². The number of aliphatic hydroxyl groups excluding tert-OH is 1. The summed E-state index contributed by atoms with van der Waals surface area (Å²) in [5.41, 5.74) is 0.852. The molecule has 7 heteroatoms. The Bertz CT molecular complexity index is 939. The molecule has 0 saturated carbocycles. The van der Waals surface area contributed by atoms with Gasteiger partial charge in [-0.25, -0.2) is 4.98 Å². The maximum Gasteiger partial charge on any atom is 0.387 e. The predicted molar refractivity (Wildman–Crippen MR) is 88.8 cm³/mol. The minimum absolute atomic E-state index is 0.00618. The molecule has 1 aromatic heterocycles. The van der Waals surface area contributed by atoms with E-state index in [0.29, 0.717) is 22.3 Å². The van der Waals surface area contributed by atoms with Gasteiger partial charge in [-0.05, 0) is 36.8 Å². The standard InChI is InChI=1S/C18H16F2N2O3/c1-11-21-15-5-3-2-4-14(15)17(24)22(11)10-16(23)12-6-8-13(9-7-12)25-18(19)20/h2-9,16,18,23H,10H2,1H3. The number of ether oxygens (including phenoxy) is 1. The first-order chi connectivity index (χ1) is 12.0. The first-order valence-corrected chi connectivity index (χ1v) is 7.64. The van der Waals surface area contributed by atoms with Gasteiger partial charge in [-0.1, -0.05) is 24.3 Å². The average Bonchev–Trinajstić information content (AvgIpc) is 2.58. The largest absolute Gasteiger partial charge is 0.435 e. The molecule has 0 bridgehead atoms. The van der Waals surface area contributed by atoms with E-state index in [1.807, 2.05) is 0 Å². The summed E-state index contributed by atoms with van der Waals surface area (Å²) in [5.74, 6) is 0.493. The lowest BCUT2D eigenvalue weighted by Crippen LogP contribution is -2.26. The highest BCUT2D eigenvalue weighted by Gasteiger charge is 2.14. The zero-order chi connectivity index (χ0) is 18.0. The number of halogens is 2. The number of aryl methyl sites for hydroxylation is 1. The zero-order valence-corrected chi connectivity index (χ0v) is 13.4. The van der Waals surface area contributed by atoms with Crippen LogP contribution in [0.3, 0.4) is 0 Å². The highest BCUT2D eigenvalue weighted by molar-refractivity contribution is 5.77. The third-order valence-electron chi connectivity index (χ3n) is 3.90. The molecule has 0 aliphatic carbocycles. The van der Waals surface area contributed by atoms with Crippen LogP contribution in [0.15, 0.2) is 53.3 Å². The molecule has 0 amide bonds. The van der Waals surface area contributed by atoms with Crippen molar-refractivity contribution in [2.24, 2.45) is 0 Å². The summed E-state index contributed by atoms with van der Waals surface area (Å²) in [4.78, 5) is 17.0. The second-order valence-corrected chi connectivity index (χ2v) is 5.56. The summed E-state index contributed by atoms with van der Waals surface area (Å²) in [7, 11) is 0. The Morgan fingerprint density at radius 3 is 2.52 bits per heavy atom. The lowest BCUT2D eigenvalue weighted by atomic mass is 10.1. The number of para-hydroxylation sites is 1. The molecule has 130 valence electrons. The first-order valence-electron chi connectivity index (χ1n) is 7.64. The van der Waals surface area contributed by atoms with Crippen LogP contribution in [0.25, 0.3) is 10.9 Å². The molecule has 1 unspecified atom stereocenters. The molecule has 3 aromatic rings. The lowest BCUT2D eigenvalue weighted by Gasteiger charge is -2.16. The third-order valence-corrected chi connectivity index (χ3v) is 3.90. The van der Waals surface area contributed by atoms with Gasteiger partial charge in [0, 0.05) is 0 Å². The highest BCUT2D eigenvalue weighted by Crippen LogP contribution is 2.21. The topological polar surface area (TPSA) is 64.4 Å². The molecule has 0 saturated heterocycles. The van der Waals surface area contributed by atoms with Crippen LogP contribution in [0.1, 0.15) is 17.5 Å². The number of hydrogen-bond acceptors (Lipinski definition) is 4. The van der Waals surface area contributed by atoms with Gasteiger partial charge in [0.1, 0.15) is 11.6 Å². The number of benzene rings is 2. The number of hydrogen-bond donors (Lipinski definition) is 1. The van der Waals surface area contributed by atoms with Crippen LogP contribution in [0.5, 0.6) is 5.75 Å². The van der Waals surface area contributed by atoms with E-state index < -0.39 is 12.7 Å². The zero-order valence-electron chi connectivity index (χ0n) is 13.4. The monoisotopic (exact) mass is 346 g/mol. The summed E-state index contributed by atoms with van der Waals surface area (Å²) in [5, 5.41) is 10.9. The molecular formula is C18H16F2N2O3. The maximum absolute atomic E-state index is 12.6. The van der Waals surface area contributed by atoms with E-state index >= 15 is 0 Å². The van der Waals surface area contributed by atoms with Crippen molar-refractivity contribution in [1.29, 1.82) is 0 Å². The molecular weight excluding hydrogens is 330 g/mol. The van der Waals surface area contributed by atoms with Gasteiger partial charge < -0.3 is 9.84 Å². The van der Waals surface area contributed by atoms with Crippen molar-refractivity contribution in [3.63, 3.8) is 0 Å². The van der Waals surface area contributed by atoms with E-state index in [-0.39, 0.29) is 17.9 Å². The SMILES string of the molecule is Cc1nc2ccccc2c(=O)n1CC(O)c1ccc(OC(F)F)cc1. The van der Waals surface area contributed by atoms with Crippen molar-refractivity contribution in [2.45, 2.75) is 26.2 Å². The number of aromatic nitrogens is 2. The van der Waals surface area contributed by atoms with E-state index in [1.54, 1.807) is 31.2 Å². The summed E-state index contributed by atoms with van der Waals surface area (Å²) < 4.78 is 30.0. The molecule has 1 atom stereocenters. The lowest BCUT2D eigenvalue weighted by molar-refractivity contribution is -0.0498. The van der Waals surface area contributed by atoms with E-state index in [4.69, 9.17) is 0 Å². The fourth-order valence-electron chi connectivity index (χ4n) is 2.64. The highest BCUT2D eigenvalue weighted by atomic mass is 19.3. The second kappa shape index (κ2) is 6.98. The molecule has 5 nitrogen and oxygen atoms in total. The molecule has 0 aliphatic rings. The minimum atomic E-state index is -2.90. The van der Waals surface area contributed by atoms with E-state index in [1.165, 1.54) is 28.8 Å². The van der Waals surface area contributed by atoms with Gasteiger partial charge in [0.15, 0.2) is 0 Å². The molecule has 3 rings (SSSR count). The van der Waals surface area contributed by atoms with Gasteiger partial charge in [0.25, 0.3) is 5.56 Å². The van der Waals surface area contributed by atoms with Gasteiger partial charge >= 0.3 is 6.61 Å². The minimum Gasteiger partial charge on any atom is -0.435 e. The Morgan fingerprint density at radius 1 is 1.16 bits per heavy atom. The van der Waals surface area contributed by atoms with Gasteiger partial charge in [0.2, 0.25) is 0 Å². The van der Waals surface area contributed by atoms with Crippen molar-refractivity contribution < 1.29 is 18.6 Å². The number of aliphatic hydroxyl groups is 1. The Labute approximate surface area is 142 Å². The second-order valence-electron chi connectivity index (χ2n) is 5.56. The van der Waals surface area contributed by atoms with Gasteiger partial charge in [0.05, 0.1) is 23.6 Å². The van der Waals surface area contributed by atoms with Crippen molar-refractivity contribution in [3.05, 3.63) is 70.3 Å². The summed E-state index contributed by atoms with van der Waals surface area (Å²) >= 11 is 0. The maximum atomic E-state index is 12.6. The molecule has 0 spiro atoms. The fraction of sp³-hybridized carbons (Fsp3) is 0.222. The molecule has 0 radical (unpaired) electrons. The van der Waals surface area contributed by atoms with Crippen molar-refractivity contribution in [1.82, 2.24) is 9.55 Å². The van der Waals surface area contributed by atoms with Gasteiger partial charge in [-0.2, -0.15) is 8.78 Å². The van der Waals surface area contributed by atoms with Crippen LogP contribution >= 0.6 is 0 Å². The first kappa shape index (κ1) is 17.0. The van der Waals surface area contributed by atoms with Crippen molar-refractivity contribution in [3.8, 4) is 5.75 Å². The Hall–Kier alpha value is -2.80. The molecule has 0 aliphatic heterocycles. The third kappa shape index (κ3) is 3.66. The average molecular weight is 346 g/mol. The van der Waals surface area contributed by atoms with E-state index in [9.17, 15) is 18.7 Å². The Balaban J connectivity index is 1.87. The number of alkyl halides is 2. The van der Waals surface area contributed by atoms with Crippen molar-refractivity contribution in [2.75, 3.05) is 0 Å². The molecule has 2 aromatic carbocycles. The summed E-state index contributed by atoms with van der Waals surface area (Å²) in [6, 6.07) is 12.7.